The first-order valence-corrected chi connectivity index (χ1v) is 14.1. The molecule has 206 valence electrons. The van der Waals surface area contributed by atoms with Crippen molar-refractivity contribution in [1.29, 1.82) is 0 Å². The van der Waals surface area contributed by atoms with Crippen molar-refractivity contribution in [3.05, 3.63) is 65.5 Å². The number of benzene rings is 2. The van der Waals surface area contributed by atoms with E-state index in [1.54, 1.807) is 0 Å². The number of carbonyl (C=O) groups excluding carboxylic acids is 2. The molecular weight excluding hydrogens is 490 g/mol. The zero-order chi connectivity index (χ0) is 27.4. The van der Waals surface area contributed by atoms with E-state index in [0.29, 0.717) is 29.5 Å². The molecule has 0 bridgehead atoms. The van der Waals surface area contributed by atoms with Crippen molar-refractivity contribution in [2.45, 2.75) is 64.8 Å². The molecule has 1 N–H and O–H groups in total. The molecule has 39 heavy (non-hydrogen) atoms. The molecule has 2 fully saturated rings. The summed E-state index contributed by atoms with van der Waals surface area (Å²) in [6.45, 7) is 10.2. The van der Waals surface area contributed by atoms with Crippen LogP contribution < -0.4 is 5.32 Å². The molecule has 1 aromatic heterocycles. The second-order valence-electron chi connectivity index (χ2n) is 11.8. The molecular formula is C31H39N5O3. The van der Waals surface area contributed by atoms with E-state index in [1.165, 1.54) is 12.0 Å². The highest BCUT2D eigenvalue weighted by atomic mass is 16.5. The van der Waals surface area contributed by atoms with E-state index in [4.69, 9.17) is 4.52 Å². The van der Waals surface area contributed by atoms with Gasteiger partial charge in [0.2, 0.25) is 17.6 Å². The Bertz CT molecular complexity index is 1280. The molecule has 0 saturated carbocycles. The fourth-order valence-corrected chi connectivity index (χ4v) is 5.38. The molecule has 0 unspecified atom stereocenters. The zero-order valence-electron chi connectivity index (χ0n) is 23.3. The quantitative estimate of drug-likeness (QED) is 0.453. The minimum atomic E-state index is -0.0982. The van der Waals surface area contributed by atoms with E-state index in [9.17, 15) is 9.59 Å². The number of hydrogen-bond acceptors (Lipinski definition) is 6. The van der Waals surface area contributed by atoms with Crippen LogP contribution in [0.2, 0.25) is 0 Å². The number of piperidine rings is 2. The lowest BCUT2D eigenvalue weighted by molar-refractivity contribution is -0.121. The van der Waals surface area contributed by atoms with Gasteiger partial charge in [0.1, 0.15) is 0 Å². The van der Waals surface area contributed by atoms with E-state index < -0.39 is 0 Å². The Hall–Kier alpha value is -3.52. The molecule has 2 aliphatic heterocycles. The van der Waals surface area contributed by atoms with Gasteiger partial charge in [-0.1, -0.05) is 62.3 Å². The molecule has 2 amide bonds. The minimum absolute atomic E-state index is 0.00416. The molecule has 5 rings (SSSR count). The van der Waals surface area contributed by atoms with Crippen LogP contribution in [0.1, 0.15) is 74.7 Å². The van der Waals surface area contributed by atoms with Gasteiger partial charge in [-0.2, -0.15) is 4.98 Å². The Kier molecular flexibility index (Phi) is 8.12. The smallest absolute Gasteiger partial charge is 0.255 e. The predicted molar refractivity (Wildman–Crippen MR) is 151 cm³/mol. The van der Waals surface area contributed by atoms with E-state index in [2.05, 4.69) is 53.3 Å². The van der Waals surface area contributed by atoms with Crippen molar-refractivity contribution in [3.63, 3.8) is 0 Å². The normalized spacial score (nSPS) is 17.3. The van der Waals surface area contributed by atoms with Crippen LogP contribution in [-0.2, 0) is 16.8 Å². The monoisotopic (exact) mass is 529 g/mol. The third-order valence-electron chi connectivity index (χ3n) is 7.85. The summed E-state index contributed by atoms with van der Waals surface area (Å²) in [5, 5.41) is 7.24. The van der Waals surface area contributed by atoms with Crippen molar-refractivity contribution in [2.75, 3.05) is 31.5 Å². The van der Waals surface area contributed by atoms with Gasteiger partial charge in [-0.25, -0.2) is 0 Å². The molecule has 0 aliphatic carbocycles. The number of nitrogens with one attached hydrogen (secondary N) is 1. The van der Waals surface area contributed by atoms with E-state index in [0.717, 1.165) is 57.4 Å². The van der Waals surface area contributed by atoms with Crippen LogP contribution in [0.15, 0.2) is 53.1 Å². The average Bonchev–Trinajstić information content (AvgIpc) is 3.42. The third-order valence-corrected chi connectivity index (χ3v) is 7.85. The highest BCUT2D eigenvalue weighted by molar-refractivity contribution is 6.04. The van der Waals surface area contributed by atoms with E-state index in [1.807, 2.05) is 41.3 Å². The Morgan fingerprint density at radius 1 is 0.949 bits per heavy atom. The third kappa shape index (κ3) is 6.56. The standard InChI is InChI=1S/C31H39N5O3/c1-31(2,3)24-13-11-22(12-14-24)28-33-27(39-34-28)21-35-19-15-23(16-20-35)29(37)32-26-10-6-5-9-25(26)30(38)36-17-7-4-8-18-36/h5-6,9-14,23H,4,7-8,15-21H2,1-3H3,(H,32,37). The molecule has 2 aliphatic rings. The van der Waals surface area contributed by atoms with Crippen LogP contribution in [0.4, 0.5) is 5.69 Å². The lowest BCUT2D eigenvalue weighted by atomic mass is 9.87. The molecule has 2 saturated heterocycles. The summed E-state index contributed by atoms with van der Waals surface area (Å²) in [5.74, 6) is 1.06. The number of likely N-dealkylation sites (tertiary alicyclic amines) is 2. The summed E-state index contributed by atoms with van der Waals surface area (Å²) in [6, 6.07) is 15.7. The molecule has 0 radical (unpaired) electrons. The number of amides is 2. The van der Waals surface area contributed by atoms with Gasteiger partial charge in [0, 0.05) is 24.6 Å². The molecule has 2 aromatic carbocycles. The fraction of sp³-hybridized carbons (Fsp3) is 0.484. The Morgan fingerprint density at radius 3 is 2.33 bits per heavy atom. The summed E-state index contributed by atoms with van der Waals surface area (Å²) >= 11 is 0. The van der Waals surface area contributed by atoms with Gasteiger partial charge in [-0.05, 0) is 68.3 Å². The molecule has 0 spiro atoms. The van der Waals surface area contributed by atoms with Crippen molar-refractivity contribution >= 4 is 17.5 Å². The summed E-state index contributed by atoms with van der Waals surface area (Å²) in [4.78, 5) is 35.0. The van der Waals surface area contributed by atoms with Crippen LogP contribution in [0, 0.1) is 5.92 Å². The van der Waals surface area contributed by atoms with Gasteiger partial charge in [0.25, 0.3) is 5.91 Å². The van der Waals surface area contributed by atoms with Crippen molar-refractivity contribution in [3.8, 4) is 11.4 Å². The first-order chi connectivity index (χ1) is 18.8. The number of nitrogens with zero attached hydrogens (tertiary/aromatic N) is 4. The number of para-hydroxylation sites is 1. The summed E-state index contributed by atoms with van der Waals surface area (Å²) in [6.07, 6.45) is 4.72. The Morgan fingerprint density at radius 2 is 1.64 bits per heavy atom. The maximum Gasteiger partial charge on any atom is 0.255 e. The fourth-order valence-electron chi connectivity index (χ4n) is 5.38. The second-order valence-corrected chi connectivity index (χ2v) is 11.8. The summed E-state index contributed by atoms with van der Waals surface area (Å²) in [7, 11) is 0. The first kappa shape index (κ1) is 27.1. The predicted octanol–water partition coefficient (Wildman–Crippen LogP) is 5.51. The van der Waals surface area contributed by atoms with E-state index in [-0.39, 0.29) is 23.1 Å². The SMILES string of the molecule is CC(C)(C)c1ccc(-c2noc(CN3CCC(C(=O)Nc4ccccc4C(=O)N4CCCCC4)CC3)n2)cc1. The number of carbonyl (C=O) groups is 2. The van der Waals surface area contributed by atoms with Crippen molar-refractivity contribution in [1.82, 2.24) is 19.9 Å². The Labute approximate surface area is 230 Å². The molecule has 3 heterocycles. The molecule has 3 aromatic rings. The van der Waals surface area contributed by atoms with Gasteiger partial charge >= 0.3 is 0 Å². The van der Waals surface area contributed by atoms with Crippen LogP contribution >= 0.6 is 0 Å². The van der Waals surface area contributed by atoms with Gasteiger partial charge < -0.3 is 14.7 Å². The Balaban J connectivity index is 1.14. The average molecular weight is 530 g/mol. The highest BCUT2D eigenvalue weighted by Crippen LogP contribution is 2.26. The van der Waals surface area contributed by atoms with Crippen molar-refractivity contribution in [2.24, 2.45) is 5.92 Å². The van der Waals surface area contributed by atoms with Gasteiger partial charge in [-0.15, -0.1) is 0 Å². The molecule has 0 atom stereocenters. The maximum absolute atomic E-state index is 13.1. The minimum Gasteiger partial charge on any atom is -0.339 e. The first-order valence-electron chi connectivity index (χ1n) is 14.1. The maximum atomic E-state index is 13.1. The number of rotatable bonds is 6. The molecule has 8 heteroatoms. The number of hydrogen-bond donors (Lipinski definition) is 1. The van der Waals surface area contributed by atoms with Crippen LogP contribution in [-0.4, -0.2) is 57.9 Å². The topological polar surface area (TPSA) is 91.6 Å². The van der Waals surface area contributed by atoms with E-state index >= 15 is 0 Å². The number of anilines is 1. The molecule has 8 nitrogen and oxygen atoms in total. The van der Waals surface area contributed by atoms with Crippen LogP contribution in [0.25, 0.3) is 11.4 Å². The van der Waals surface area contributed by atoms with Crippen LogP contribution in [0.3, 0.4) is 0 Å². The number of aromatic nitrogens is 2. The largest absolute Gasteiger partial charge is 0.339 e. The van der Waals surface area contributed by atoms with Gasteiger partial charge in [-0.3, -0.25) is 14.5 Å². The van der Waals surface area contributed by atoms with Gasteiger partial charge in [0.15, 0.2) is 0 Å². The second kappa shape index (κ2) is 11.7. The summed E-state index contributed by atoms with van der Waals surface area (Å²) < 4.78 is 5.54. The summed E-state index contributed by atoms with van der Waals surface area (Å²) in [5.41, 5.74) is 3.48. The zero-order valence-corrected chi connectivity index (χ0v) is 23.3. The van der Waals surface area contributed by atoms with Crippen molar-refractivity contribution < 1.29 is 14.1 Å². The lowest BCUT2D eigenvalue weighted by Crippen LogP contribution is -2.38. The lowest BCUT2D eigenvalue weighted by Gasteiger charge is -2.30. The highest BCUT2D eigenvalue weighted by Gasteiger charge is 2.28. The van der Waals surface area contributed by atoms with Crippen LogP contribution in [0.5, 0.6) is 0 Å². The van der Waals surface area contributed by atoms with Gasteiger partial charge in [0.05, 0.1) is 17.8 Å².